The largest absolute Gasteiger partial charge is 0.393 e. The predicted octanol–water partition coefficient (Wildman–Crippen LogP) is 1.87. The molecule has 0 spiro atoms. The molecule has 0 bridgehead atoms. The summed E-state index contributed by atoms with van der Waals surface area (Å²) in [5, 5.41) is 16.5. The van der Waals surface area contributed by atoms with Crippen LogP contribution in [0.4, 0.5) is 8.78 Å². The van der Waals surface area contributed by atoms with E-state index in [1.165, 1.54) is 6.07 Å². The number of aromatic nitrogens is 2. The Morgan fingerprint density at radius 2 is 2.21 bits per heavy atom. The van der Waals surface area contributed by atoms with Crippen LogP contribution in [0.1, 0.15) is 30.0 Å². The number of nitrogens with zero attached hydrogens (tertiary/aromatic N) is 2. The van der Waals surface area contributed by atoms with E-state index >= 15 is 0 Å². The molecule has 1 aromatic carbocycles. The maximum atomic E-state index is 13.7. The highest BCUT2D eigenvalue weighted by atomic mass is 19.1. The average Bonchev–Trinajstić information content (AvgIpc) is 2.91. The molecule has 3 rings (SSSR count). The van der Waals surface area contributed by atoms with E-state index < -0.39 is 11.6 Å². The van der Waals surface area contributed by atoms with Crippen LogP contribution >= 0.6 is 0 Å². The van der Waals surface area contributed by atoms with E-state index in [1.54, 1.807) is 17.9 Å². The van der Waals surface area contributed by atoms with Gasteiger partial charge in [-0.1, -0.05) is 6.07 Å². The minimum atomic E-state index is -0.734. The minimum Gasteiger partial charge on any atom is -0.393 e. The summed E-state index contributed by atoms with van der Waals surface area (Å²) < 4.78 is 28.3. The van der Waals surface area contributed by atoms with Crippen molar-refractivity contribution in [2.75, 3.05) is 0 Å². The van der Waals surface area contributed by atoms with Crippen LogP contribution in [0.3, 0.4) is 0 Å². The summed E-state index contributed by atoms with van der Waals surface area (Å²) in [6.07, 6.45) is 4.18. The van der Waals surface area contributed by atoms with Gasteiger partial charge in [-0.3, -0.25) is 9.48 Å². The molecule has 1 saturated carbocycles. The van der Waals surface area contributed by atoms with E-state index in [0.717, 1.165) is 17.7 Å². The van der Waals surface area contributed by atoms with E-state index in [-0.39, 0.29) is 36.0 Å². The summed E-state index contributed by atoms with van der Waals surface area (Å²) in [7, 11) is 1.78. The third-order valence-corrected chi connectivity index (χ3v) is 4.39. The molecule has 24 heavy (non-hydrogen) atoms. The first-order valence-corrected chi connectivity index (χ1v) is 7.82. The summed E-state index contributed by atoms with van der Waals surface area (Å²) >= 11 is 0. The molecule has 2 N–H and O–H groups in total. The monoisotopic (exact) mass is 335 g/mol. The van der Waals surface area contributed by atoms with E-state index in [9.17, 15) is 18.7 Å². The van der Waals surface area contributed by atoms with Gasteiger partial charge in [0.1, 0.15) is 11.6 Å². The van der Waals surface area contributed by atoms with Crippen LogP contribution in [0.2, 0.25) is 0 Å². The Morgan fingerprint density at radius 1 is 1.46 bits per heavy atom. The molecule has 1 atom stereocenters. The molecular formula is C17H19F2N3O2. The normalized spacial score (nSPS) is 21.2. The Hall–Kier alpha value is -2.28. The lowest BCUT2D eigenvalue weighted by atomic mass is 9.75. The fourth-order valence-electron chi connectivity index (χ4n) is 3.04. The van der Waals surface area contributed by atoms with Gasteiger partial charge in [0.25, 0.3) is 0 Å². The van der Waals surface area contributed by atoms with Crippen LogP contribution in [-0.2, 0) is 18.3 Å². The molecule has 1 amide bonds. The van der Waals surface area contributed by atoms with Gasteiger partial charge in [-0.25, -0.2) is 8.78 Å². The minimum absolute atomic E-state index is 0.117. The van der Waals surface area contributed by atoms with Gasteiger partial charge in [0.2, 0.25) is 5.91 Å². The average molecular weight is 335 g/mol. The quantitative estimate of drug-likeness (QED) is 0.877. The van der Waals surface area contributed by atoms with Gasteiger partial charge in [0.15, 0.2) is 0 Å². The lowest BCUT2D eigenvalue weighted by Gasteiger charge is -2.37. The first-order chi connectivity index (χ1) is 11.4. The van der Waals surface area contributed by atoms with E-state index in [4.69, 9.17) is 0 Å². The standard InChI is InChI=1S/C17H19F2N3O2/c1-22-9-12(8-20-22)17(11-4-14(23)5-11)21-16(24)6-10-2-3-13(18)7-15(10)19/h2-3,7-9,11,14,17,23H,4-6H2,1H3,(H,21,24)/t11?,14?,17-/m0/s1. The zero-order valence-electron chi connectivity index (χ0n) is 13.2. The number of nitrogens with one attached hydrogen (secondary N) is 1. The van der Waals surface area contributed by atoms with Crippen LogP contribution in [0.5, 0.6) is 0 Å². The summed E-state index contributed by atoms with van der Waals surface area (Å²) in [5.74, 6) is -1.64. The lowest BCUT2D eigenvalue weighted by Crippen LogP contribution is -2.41. The highest BCUT2D eigenvalue weighted by Gasteiger charge is 2.36. The molecule has 1 fully saturated rings. The number of aliphatic hydroxyl groups excluding tert-OH is 1. The molecule has 2 aromatic rings. The van der Waals surface area contributed by atoms with Crippen molar-refractivity contribution < 1.29 is 18.7 Å². The Labute approximate surface area is 138 Å². The number of halogens is 2. The molecule has 0 radical (unpaired) electrons. The van der Waals surface area contributed by atoms with Gasteiger partial charge >= 0.3 is 0 Å². The van der Waals surface area contributed by atoms with Crippen LogP contribution < -0.4 is 5.32 Å². The smallest absolute Gasteiger partial charge is 0.225 e. The molecule has 0 unspecified atom stereocenters. The van der Waals surface area contributed by atoms with Gasteiger partial charge in [0, 0.05) is 24.9 Å². The van der Waals surface area contributed by atoms with Gasteiger partial charge < -0.3 is 10.4 Å². The van der Waals surface area contributed by atoms with Crippen molar-refractivity contribution in [2.24, 2.45) is 13.0 Å². The number of carbonyl (C=O) groups is 1. The van der Waals surface area contributed by atoms with E-state index in [1.807, 2.05) is 6.20 Å². The van der Waals surface area contributed by atoms with Gasteiger partial charge in [-0.2, -0.15) is 5.10 Å². The first-order valence-electron chi connectivity index (χ1n) is 7.82. The van der Waals surface area contributed by atoms with Crippen molar-refractivity contribution >= 4 is 5.91 Å². The van der Waals surface area contributed by atoms with Crippen molar-refractivity contribution in [3.8, 4) is 0 Å². The number of aliphatic hydroxyl groups is 1. The fourth-order valence-corrected chi connectivity index (χ4v) is 3.04. The Kier molecular flexibility index (Phi) is 4.62. The fraction of sp³-hybridized carbons (Fsp3) is 0.412. The molecule has 0 saturated heterocycles. The molecule has 1 aliphatic rings. The molecule has 1 aliphatic carbocycles. The van der Waals surface area contributed by atoms with Gasteiger partial charge in [-0.15, -0.1) is 0 Å². The van der Waals surface area contributed by atoms with Crippen LogP contribution in [0.25, 0.3) is 0 Å². The van der Waals surface area contributed by atoms with Crippen molar-refractivity contribution in [3.05, 3.63) is 53.4 Å². The number of amides is 1. The number of hydrogen-bond donors (Lipinski definition) is 2. The first kappa shape index (κ1) is 16.6. The molecule has 5 nitrogen and oxygen atoms in total. The topological polar surface area (TPSA) is 67.2 Å². The maximum Gasteiger partial charge on any atom is 0.225 e. The van der Waals surface area contributed by atoms with Gasteiger partial charge in [-0.05, 0) is 30.4 Å². The molecular weight excluding hydrogens is 316 g/mol. The van der Waals surface area contributed by atoms with Crippen molar-refractivity contribution in [3.63, 3.8) is 0 Å². The molecule has 0 aliphatic heterocycles. The number of rotatable bonds is 5. The zero-order chi connectivity index (χ0) is 17.3. The summed E-state index contributed by atoms with van der Waals surface area (Å²) in [6, 6.07) is 2.89. The maximum absolute atomic E-state index is 13.7. The van der Waals surface area contributed by atoms with Crippen molar-refractivity contribution in [1.29, 1.82) is 0 Å². The highest BCUT2D eigenvalue weighted by Crippen LogP contribution is 2.38. The number of hydrogen-bond acceptors (Lipinski definition) is 3. The predicted molar refractivity (Wildman–Crippen MR) is 82.9 cm³/mol. The third-order valence-electron chi connectivity index (χ3n) is 4.39. The molecule has 128 valence electrons. The van der Waals surface area contributed by atoms with Crippen LogP contribution in [-0.4, -0.2) is 26.9 Å². The van der Waals surface area contributed by atoms with Crippen molar-refractivity contribution in [1.82, 2.24) is 15.1 Å². The summed E-state index contributed by atoms with van der Waals surface area (Å²) in [6.45, 7) is 0. The second-order valence-corrected chi connectivity index (χ2v) is 6.29. The molecule has 1 heterocycles. The third kappa shape index (κ3) is 3.62. The SMILES string of the molecule is Cn1cc([C@@H](NC(=O)Cc2ccc(F)cc2F)C2CC(O)C2)cn1. The Balaban J connectivity index is 1.71. The summed E-state index contributed by atoms with van der Waals surface area (Å²) in [4.78, 5) is 12.3. The van der Waals surface area contributed by atoms with E-state index in [0.29, 0.717) is 12.8 Å². The molecule has 7 heteroatoms. The van der Waals surface area contributed by atoms with Crippen molar-refractivity contribution in [2.45, 2.75) is 31.4 Å². The van der Waals surface area contributed by atoms with Gasteiger partial charge in [0.05, 0.1) is 24.8 Å². The van der Waals surface area contributed by atoms with Crippen LogP contribution in [0.15, 0.2) is 30.6 Å². The summed E-state index contributed by atoms with van der Waals surface area (Å²) in [5.41, 5.74) is 0.995. The zero-order valence-corrected chi connectivity index (χ0v) is 13.2. The Morgan fingerprint density at radius 3 is 2.79 bits per heavy atom. The van der Waals surface area contributed by atoms with Crippen LogP contribution in [0, 0.1) is 17.6 Å². The second kappa shape index (κ2) is 6.68. The number of benzene rings is 1. The number of carbonyl (C=O) groups excluding carboxylic acids is 1. The molecule has 1 aromatic heterocycles. The van der Waals surface area contributed by atoms with E-state index in [2.05, 4.69) is 10.4 Å². The lowest BCUT2D eigenvalue weighted by molar-refractivity contribution is -0.122. The second-order valence-electron chi connectivity index (χ2n) is 6.29. The highest BCUT2D eigenvalue weighted by molar-refractivity contribution is 5.79. The Bertz CT molecular complexity index is 741. The number of aryl methyl sites for hydroxylation is 1.